The van der Waals surface area contributed by atoms with Gasteiger partial charge < -0.3 is 33.8 Å². The van der Waals surface area contributed by atoms with E-state index in [0.717, 1.165) is 102 Å². The number of hydrogen-bond acceptors (Lipinski definition) is 15. The highest BCUT2D eigenvalue weighted by Gasteiger charge is 2.30. The van der Waals surface area contributed by atoms with E-state index in [1.54, 1.807) is 0 Å². The second-order valence-electron chi connectivity index (χ2n) is 30.6. The first-order chi connectivity index (χ1) is 49.4. The van der Waals surface area contributed by atoms with Crippen LogP contribution in [0.2, 0.25) is 0 Å². The fourth-order valence-corrected chi connectivity index (χ4v) is 14.4. The zero-order valence-electron chi connectivity index (χ0n) is 66.9. The number of phosphoric ester groups is 2. The van der Waals surface area contributed by atoms with Gasteiger partial charge in [0.1, 0.15) is 19.3 Å². The molecule has 0 spiro atoms. The maximum atomic E-state index is 13.1. The van der Waals surface area contributed by atoms with Gasteiger partial charge in [-0.15, -0.1) is 0 Å². The average Bonchev–Trinajstić information content (AvgIpc) is 0.917. The normalized spacial score (nSPS) is 14.1. The van der Waals surface area contributed by atoms with Crippen LogP contribution in [0, 0.1) is 11.8 Å². The summed E-state index contributed by atoms with van der Waals surface area (Å²) in [7, 11) is -9.92. The van der Waals surface area contributed by atoms with E-state index >= 15 is 0 Å². The summed E-state index contributed by atoms with van der Waals surface area (Å²) in [6.07, 6.45) is 65.1. The molecule has 0 aliphatic carbocycles. The Labute approximate surface area is 626 Å². The quantitative estimate of drug-likeness (QED) is 0.0222. The van der Waals surface area contributed by atoms with Crippen molar-refractivity contribution in [3.8, 4) is 0 Å². The first kappa shape index (κ1) is 100. The molecule has 102 heavy (non-hydrogen) atoms. The van der Waals surface area contributed by atoms with Gasteiger partial charge >= 0.3 is 39.5 Å². The third kappa shape index (κ3) is 74.9. The first-order valence-corrected chi connectivity index (χ1v) is 46.0. The highest BCUT2D eigenvalue weighted by molar-refractivity contribution is 7.47. The van der Waals surface area contributed by atoms with Gasteiger partial charge in [-0.3, -0.25) is 37.3 Å². The van der Waals surface area contributed by atoms with Gasteiger partial charge in [0.15, 0.2) is 12.2 Å². The van der Waals surface area contributed by atoms with Crippen molar-refractivity contribution >= 4 is 39.5 Å². The number of carbonyl (C=O) groups is 4. The number of aliphatic hydroxyl groups is 1. The van der Waals surface area contributed by atoms with Crippen LogP contribution in [0.5, 0.6) is 0 Å². The predicted octanol–water partition coefficient (Wildman–Crippen LogP) is 25.1. The molecule has 0 bridgehead atoms. The van der Waals surface area contributed by atoms with Crippen molar-refractivity contribution in [2.45, 2.75) is 458 Å². The number of hydrogen-bond donors (Lipinski definition) is 3. The molecular weight excluding hydrogens is 1330 g/mol. The third-order valence-corrected chi connectivity index (χ3v) is 21.7. The van der Waals surface area contributed by atoms with E-state index in [0.29, 0.717) is 25.7 Å². The molecule has 0 rings (SSSR count). The summed E-state index contributed by atoms with van der Waals surface area (Å²) in [6.45, 7) is 9.68. The second-order valence-corrected chi connectivity index (χ2v) is 33.5. The molecule has 0 heterocycles. The van der Waals surface area contributed by atoms with Crippen molar-refractivity contribution in [3.05, 3.63) is 0 Å². The van der Waals surface area contributed by atoms with Gasteiger partial charge in [-0.05, 0) is 37.5 Å². The SMILES string of the molecule is CCCCCCCCCCCCCCCCCCCCCC(=O)O[C@H](COC(=O)CCCCCCCCCCCCCCCC(C)C)COP(=O)(O)OC[C@@H](O)COP(=O)(O)OC[C@@H](COC(=O)CCCCCCCCCCC(C)CC)OC(=O)CCCCCCCCCCCCCCCCC. The predicted molar refractivity (Wildman–Crippen MR) is 418 cm³/mol. The van der Waals surface area contributed by atoms with Crippen LogP contribution < -0.4 is 0 Å². The van der Waals surface area contributed by atoms with Crippen LogP contribution >= 0.6 is 15.6 Å². The fourth-order valence-electron chi connectivity index (χ4n) is 12.9. The Kier molecular flexibility index (Phi) is 73.1. The monoisotopic (exact) mass is 1490 g/mol. The summed E-state index contributed by atoms with van der Waals surface area (Å²) in [4.78, 5) is 73.2. The van der Waals surface area contributed by atoms with E-state index in [9.17, 15) is 43.2 Å². The molecule has 0 aromatic heterocycles. The van der Waals surface area contributed by atoms with Crippen molar-refractivity contribution < 1.29 is 80.2 Å². The Bertz CT molecular complexity index is 1960. The summed E-state index contributed by atoms with van der Waals surface area (Å²) in [5.74, 6) is -0.536. The minimum Gasteiger partial charge on any atom is -0.462 e. The second kappa shape index (κ2) is 74.5. The number of aliphatic hydroxyl groups excluding tert-OH is 1. The van der Waals surface area contributed by atoms with Crippen LogP contribution in [0.3, 0.4) is 0 Å². The molecule has 0 saturated heterocycles. The van der Waals surface area contributed by atoms with Gasteiger partial charge in [-0.25, -0.2) is 9.13 Å². The van der Waals surface area contributed by atoms with Crippen LogP contribution in [-0.2, 0) is 65.4 Å². The molecular formula is C83H162O17P2. The van der Waals surface area contributed by atoms with Gasteiger partial charge in [-0.2, -0.15) is 0 Å². The summed E-state index contributed by atoms with van der Waals surface area (Å²) in [5.41, 5.74) is 0. The molecule has 0 aromatic rings. The van der Waals surface area contributed by atoms with Crippen LogP contribution in [-0.4, -0.2) is 96.7 Å². The molecule has 0 saturated carbocycles. The largest absolute Gasteiger partial charge is 0.472 e. The minimum atomic E-state index is -4.96. The Morgan fingerprint density at radius 2 is 0.500 bits per heavy atom. The van der Waals surface area contributed by atoms with E-state index in [-0.39, 0.29) is 25.7 Å². The number of esters is 4. The molecule has 606 valence electrons. The van der Waals surface area contributed by atoms with Crippen molar-refractivity contribution in [2.24, 2.45) is 11.8 Å². The standard InChI is InChI=1S/C83H162O17P2/c1-7-10-12-14-16-18-20-22-24-25-26-27-29-33-38-42-50-56-62-68-82(87)99-78(71-93-80(85)65-59-53-47-40-36-34-30-31-35-39-45-51-57-63-75(4)5)73-97-101(89,90)95-69-77(84)70-96-102(91,92)98-74-79(72-94-81(86)66-60-54-48-44-43-46-52-58-64-76(6)9-3)100-83(88)67-61-55-49-41-37-32-28-23-21-19-17-15-13-11-8-2/h75-79,84H,7-74H2,1-6H3,(H,89,90)(H,91,92)/t76?,77-,78-,79-/m1/s1. The zero-order valence-corrected chi connectivity index (χ0v) is 68.7. The van der Waals surface area contributed by atoms with Gasteiger partial charge in [0.2, 0.25) is 0 Å². The highest BCUT2D eigenvalue weighted by Crippen LogP contribution is 2.45. The third-order valence-electron chi connectivity index (χ3n) is 19.8. The minimum absolute atomic E-state index is 0.108. The average molecular weight is 1490 g/mol. The van der Waals surface area contributed by atoms with Crippen molar-refractivity contribution in [2.75, 3.05) is 39.6 Å². The lowest BCUT2D eigenvalue weighted by atomic mass is 9.99. The lowest BCUT2D eigenvalue weighted by molar-refractivity contribution is -0.161. The summed E-state index contributed by atoms with van der Waals surface area (Å²) < 4.78 is 68.8. The summed E-state index contributed by atoms with van der Waals surface area (Å²) >= 11 is 0. The van der Waals surface area contributed by atoms with Gasteiger partial charge in [-0.1, -0.05) is 388 Å². The Morgan fingerprint density at radius 3 is 0.745 bits per heavy atom. The molecule has 0 radical (unpaired) electrons. The maximum Gasteiger partial charge on any atom is 0.472 e. The molecule has 0 fully saturated rings. The number of unbranched alkanes of at least 4 members (excludes halogenated alkanes) is 51. The molecule has 3 N–H and O–H groups in total. The maximum absolute atomic E-state index is 13.1. The number of rotatable bonds is 82. The van der Waals surface area contributed by atoms with E-state index in [2.05, 4.69) is 41.5 Å². The lowest BCUT2D eigenvalue weighted by Gasteiger charge is -2.21. The first-order valence-electron chi connectivity index (χ1n) is 43.0. The van der Waals surface area contributed by atoms with Crippen LogP contribution in [0.1, 0.15) is 440 Å². The number of phosphoric acid groups is 2. The molecule has 0 aliphatic heterocycles. The summed E-state index contributed by atoms with van der Waals surface area (Å²) in [5, 5.41) is 10.7. The lowest BCUT2D eigenvalue weighted by Crippen LogP contribution is -2.30. The Hall–Kier alpha value is -1.94. The molecule has 0 aromatic carbocycles. The Morgan fingerprint density at radius 1 is 0.284 bits per heavy atom. The Balaban J connectivity index is 5.26. The molecule has 6 atom stereocenters. The number of carbonyl (C=O) groups excluding carboxylic acids is 4. The van der Waals surface area contributed by atoms with Gasteiger partial charge in [0, 0.05) is 25.7 Å². The van der Waals surface area contributed by atoms with Crippen LogP contribution in [0.4, 0.5) is 0 Å². The van der Waals surface area contributed by atoms with Crippen LogP contribution in [0.25, 0.3) is 0 Å². The van der Waals surface area contributed by atoms with Gasteiger partial charge in [0.25, 0.3) is 0 Å². The molecule has 19 heteroatoms. The fraction of sp³-hybridized carbons (Fsp3) is 0.952. The molecule has 0 aliphatic rings. The van der Waals surface area contributed by atoms with E-state index in [4.69, 9.17) is 37.0 Å². The smallest absolute Gasteiger partial charge is 0.462 e. The summed E-state index contributed by atoms with van der Waals surface area (Å²) in [6, 6.07) is 0. The van der Waals surface area contributed by atoms with Gasteiger partial charge in [0.05, 0.1) is 26.4 Å². The van der Waals surface area contributed by atoms with E-state index < -0.39 is 97.5 Å². The van der Waals surface area contributed by atoms with Crippen molar-refractivity contribution in [1.82, 2.24) is 0 Å². The van der Waals surface area contributed by atoms with Crippen LogP contribution in [0.15, 0.2) is 0 Å². The number of ether oxygens (including phenoxy) is 4. The topological polar surface area (TPSA) is 237 Å². The molecule has 0 amide bonds. The van der Waals surface area contributed by atoms with E-state index in [1.165, 1.54) is 257 Å². The van der Waals surface area contributed by atoms with E-state index in [1.807, 2.05) is 0 Å². The van der Waals surface area contributed by atoms with Crippen molar-refractivity contribution in [3.63, 3.8) is 0 Å². The molecule has 17 nitrogen and oxygen atoms in total. The van der Waals surface area contributed by atoms with Crippen molar-refractivity contribution in [1.29, 1.82) is 0 Å². The highest BCUT2D eigenvalue weighted by atomic mass is 31.2. The zero-order chi connectivity index (χ0) is 74.9. The molecule has 3 unspecified atom stereocenters.